The van der Waals surface area contributed by atoms with Gasteiger partial charge in [0.1, 0.15) is 12.2 Å². The maximum atomic E-state index is 4.73. The first-order valence-corrected chi connectivity index (χ1v) is 11.3. The van der Waals surface area contributed by atoms with Crippen LogP contribution in [0.15, 0.2) is 70.9 Å². The zero-order valence-corrected chi connectivity index (χ0v) is 20.9. The van der Waals surface area contributed by atoms with Crippen LogP contribution in [0.4, 0.5) is 0 Å². The van der Waals surface area contributed by atoms with Gasteiger partial charge in [-0.15, -0.1) is 45.9 Å². The van der Waals surface area contributed by atoms with Crippen LogP contribution in [0.5, 0.6) is 0 Å². The highest BCUT2D eigenvalue weighted by molar-refractivity contribution is 14.0. The van der Waals surface area contributed by atoms with Crippen LogP contribution >= 0.6 is 35.7 Å². The van der Waals surface area contributed by atoms with Crippen LogP contribution in [-0.4, -0.2) is 51.1 Å². The zero-order chi connectivity index (χ0) is 20.9. The monoisotopic (exact) mass is 551 g/mol. The second-order valence-electron chi connectivity index (χ2n) is 6.61. The van der Waals surface area contributed by atoms with Crippen LogP contribution in [0, 0.1) is 0 Å². The van der Waals surface area contributed by atoms with Gasteiger partial charge in [-0.2, -0.15) is 0 Å². The van der Waals surface area contributed by atoms with Crippen molar-refractivity contribution in [2.75, 3.05) is 25.4 Å². The summed E-state index contributed by atoms with van der Waals surface area (Å²) in [5.74, 6) is 2.79. The highest BCUT2D eigenvalue weighted by Crippen LogP contribution is 2.15. The van der Waals surface area contributed by atoms with Gasteiger partial charge in [0.25, 0.3) is 0 Å². The molecule has 0 atom stereocenters. The number of aryl methyl sites for hydroxylation is 1. The lowest BCUT2D eigenvalue weighted by molar-refractivity contribution is 0.633. The van der Waals surface area contributed by atoms with Gasteiger partial charge in [0.15, 0.2) is 5.96 Å². The van der Waals surface area contributed by atoms with Crippen molar-refractivity contribution in [3.63, 3.8) is 0 Å². The summed E-state index contributed by atoms with van der Waals surface area (Å²) in [7, 11) is 0. The normalized spacial score (nSPS) is 11.1. The van der Waals surface area contributed by atoms with Gasteiger partial charge >= 0.3 is 0 Å². The number of halogens is 1. The summed E-state index contributed by atoms with van der Waals surface area (Å²) in [5.41, 5.74) is 1.05. The molecule has 2 heterocycles. The van der Waals surface area contributed by atoms with Crippen LogP contribution in [0.25, 0.3) is 0 Å². The van der Waals surface area contributed by atoms with Crippen LogP contribution in [-0.2, 0) is 19.4 Å². The molecule has 0 fully saturated rings. The molecular formula is C22H30IN7S. The molecule has 2 N–H and O–H groups in total. The lowest BCUT2D eigenvalue weighted by Crippen LogP contribution is -2.40. The highest BCUT2D eigenvalue weighted by atomic mass is 127. The minimum atomic E-state index is 0. The number of thioether (sulfide) groups is 1. The Morgan fingerprint density at radius 1 is 1.06 bits per heavy atom. The SMILES string of the molecule is CCc1nncn1CCNC(=NCCc1ccccn1)NCCSc1ccccc1.I. The molecule has 0 spiro atoms. The molecule has 0 aliphatic carbocycles. The average Bonchev–Trinajstić information content (AvgIpc) is 3.25. The summed E-state index contributed by atoms with van der Waals surface area (Å²) in [4.78, 5) is 10.4. The Bertz CT molecular complexity index is 887. The maximum Gasteiger partial charge on any atom is 0.191 e. The smallest absolute Gasteiger partial charge is 0.191 e. The van der Waals surface area contributed by atoms with E-state index >= 15 is 0 Å². The third kappa shape index (κ3) is 9.26. The molecule has 0 bridgehead atoms. The Balaban J connectivity index is 0.00000341. The molecule has 0 aliphatic heterocycles. The molecule has 0 saturated carbocycles. The lowest BCUT2D eigenvalue weighted by Gasteiger charge is -2.13. The van der Waals surface area contributed by atoms with Crippen LogP contribution < -0.4 is 10.6 Å². The predicted molar refractivity (Wildman–Crippen MR) is 138 cm³/mol. The number of pyridine rings is 1. The zero-order valence-electron chi connectivity index (χ0n) is 17.8. The molecule has 3 aromatic rings. The maximum absolute atomic E-state index is 4.73. The van der Waals surface area contributed by atoms with E-state index in [-0.39, 0.29) is 24.0 Å². The molecule has 0 aliphatic rings. The predicted octanol–water partition coefficient (Wildman–Crippen LogP) is 3.42. The molecule has 0 saturated heterocycles. The van der Waals surface area contributed by atoms with E-state index in [4.69, 9.17) is 4.99 Å². The van der Waals surface area contributed by atoms with E-state index in [9.17, 15) is 0 Å². The molecule has 1 aromatic carbocycles. The second kappa shape index (κ2) is 14.8. The average molecular weight is 552 g/mol. The van der Waals surface area contributed by atoms with E-state index in [1.165, 1.54) is 4.90 Å². The summed E-state index contributed by atoms with van der Waals surface area (Å²) >= 11 is 1.83. The first-order chi connectivity index (χ1) is 14.8. The molecule has 7 nitrogen and oxygen atoms in total. The molecule has 166 valence electrons. The number of hydrogen-bond acceptors (Lipinski definition) is 5. The molecular weight excluding hydrogens is 521 g/mol. The van der Waals surface area contributed by atoms with Gasteiger partial charge < -0.3 is 15.2 Å². The van der Waals surface area contributed by atoms with E-state index < -0.39 is 0 Å². The first kappa shape index (κ1) is 25.1. The summed E-state index contributed by atoms with van der Waals surface area (Å²) < 4.78 is 2.07. The number of nitrogens with one attached hydrogen (secondary N) is 2. The molecule has 3 rings (SSSR count). The van der Waals surface area contributed by atoms with Gasteiger partial charge in [-0.1, -0.05) is 31.2 Å². The van der Waals surface area contributed by atoms with Crippen LogP contribution in [0.1, 0.15) is 18.4 Å². The molecule has 0 unspecified atom stereocenters. The van der Waals surface area contributed by atoms with E-state index in [2.05, 4.69) is 61.6 Å². The fraction of sp³-hybridized carbons (Fsp3) is 0.364. The highest BCUT2D eigenvalue weighted by Gasteiger charge is 2.03. The number of guanidine groups is 1. The third-order valence-corrected chi connectivity index (χ3v) is 5.44. The van der Waals surface area contributed by atoms with Gasteiger partial charge in [-0.05, 0) is 24.3 Å². The number of nitrogens with zero attached hydrogens (tertiary/aromatic N) is 5. The van der Waals surface area contributed by atoms with Gasteiger partial charge in [0.05, 0.1) is 0 Å². The Kier molecular flexibility index (Phi) is 12.0. The number of rotatable bonds is 11. The van der Waals surface area contributed by atoms with Crippen LogP contribution in [0.3, 0.4) is 0 Å². The number of aliphatic imine (C=N–C) groups is 1. The third-order valence-electron chi connectivity index (χ3n) is 4.43. The van der Waals surface area contributed by atoms with Gasteiger partial charge in [0.2, 0.25) is 0 Å². The van der Waals surface area contributed by atoms with Crippen molar-refractivity contribution in [1.82, 2.24) is 30.4 Å². The standard InChI is InChI=1S/C22H29N7S.HI/c1-2-21-28-27-18-29(21)16-14-25-22(24-13-11-19-8-6-7-12-23-19)26-15-17-30-20-9-4-3-5-10-20;/h3-10,12,18H,2,11,13-17H2,1H3,(H2,24,25,26);1H. The topological polar surface area (TPSA) is 80.0 Å². The number of hydrogen-bond donors (Lipinski definition) is 2. The fourth-order valence-corrected chi connectivity index (χ4v) is 3.68. The molecule has 9 heteroatoms. The second-order valence-corrected chi connectivity index (χ2v) is 7.78. The van der Waals surface area contributed by atoms with E-state index in [0.717, 1.165) is 55.7 Å². The number of benzene rings is 1. The van der Waals surface area contributed by atoms with E-state index in [1.54, 1.807) is 6.33 Å². The molecule has 2 aromatic heterocycles. The van der Waals surface area contributed by atoms with Crippen LogP contribution in [0.2, 0.25) is 0 Å². The van der Waals surface area contributed by atoms with E-state index in [1.807, 2.05) is 42.2 Å². The summed E-state index contributed by atoms with van der Waals surface area (Å²) in [6.07, 6.45) is 5.29. The Morgan fingerprint density at radius 2 is 1.87 bits per heavy atom. The minimum Gasteiger partial charge on any atom is -0.356 e. The molecule has 31 heavy (non-hydrogen) atoms. The van der Waals surface area contributed by atoms with Crippen molar-refractivity contribution in [2.24, 2.45) is 4.99 Å². The molecule has 0 amide bonds. The Morgan fingerprint density at radius 3 is 2.65 bits per heavy atom. The summed E-state index contributed by atoms with van der Waals surface area (Å²) in [6.45, 7) is 5.17. The Hall–Kier alpha value is -2.14. The van der Waals surface area contributed by atoms with Crippen molar-refractivity contribution in [3.05, 3.63) is 72.6 Å². The lowest BCUT2D eigenvalue weighted by atomic mass is 10.3. The first-order valence-electron chi connectivity index (χ1n) is 10.3. The van der Waals surface area contributed by atoms with Crippen molar-refractivity contribution in [1.29, 1.82) is 0 Å². The Labute approximate surface area is 205 Å². The minimum absolute atomic E-state index is 0. The van der Waals surface area contributed by atoms with E-state index in [0.29, 0.717) is 6.54 Å². The summed E-state index contributed by atoms with van der Waals surface area (Å²) in [5, 5.41) is 15.0. The van der Waals surface area contributed by atoms with Gasteiger partial charge in [0, 0.05) is 61.6 Å². The summed E-state index contributed by atoms with van der Waals surface area (Å²) in [6, 6.07) is 16.4. The van der Waals surface area contributed by atoms with Crippen molar-refractivity contribution >= 4 is 41.7 Å². The van der Waals surface area contributed by atoms with Gasteiger partial charge in [-0.25, -0.2) is 0 Å². The van der Waals surface area contributed by atoms with Crippen molar-refractivity contribution in [3.8, 4) is 0 Å². The van der Waals surface area contributed by atoms with Gasteiger partial charge in [-0.3, -0.25) is 9.98 Å². The van der Waals surface area contributed by atoms with Crippen molar-refractivity contribution < 1.29 is 0 Å². The fourth-order valence-electron chi connectivity index (χ4n) is 2.89. The number of aromatic nitrogens is 4. The molecule has 0 radical (unpaired) electrons. The van der Waals surface area contributed by atoms with Crippen molar-refractivity contribution in [2.45, 2.75) is 31.2 Å². The largest absolute Gasteiger partial charge is 0.356 e. The quantitative estimate of drug-likeness (QED) is 0.125.